The third-order valence-electron chi connectivity index (χ3n) is 4.71. The molecule has 1 saturated heterocycles. The molecule has 0 aliphatic carbocycles. The Labute approximate surface area is 128 Å². The highest BCUT2D eigenvalue weighted by Crippen LogP contribution is 2.30. The van der Waals surface area contributed by atoms with Gasteiger partial charge in [0.25, 0.3) is 0 Å². The van der Waals surface area contributed by atoms with Crippen molar-refractivity contribution in [3.05, 3.63) is 29.6 Å². The molecule has 118 valence electrons. The van der Waals surface area contributed by atoms with Gasteiger partial charge >= 0.3 is 0 Å². The Bertz CT molecular complexity index is 447. The molecular formula is C18H29FN2. The summed E-state index contributed by atoms with van der Waals surface area (Å²) in [6.07, 6.45) is 7.92. The molecule has 0 amide bonds. The van der Waals surface area contributed by atoms with Crippen LogP contribution in [0.4, 0.5) is 10.1 Å². The van der Waals surface area contributed by atoms with Gasteiger partial charge in [0.1, 0.15) is 5.82 Å². The molecule has 2 unspecified atom stereocenters. The number of nitrogens with two attached hydrogens (primary N) is 1. The highest BCUT2D eigenvalue weighted by Gasteiger charge is 2.22. The summed E-state index contributed by atoms with van der Waals surface area (Å²) in [6, 6.07) is 5.92. The summed E-state index contributed by atoms with van der Waals surface area (Å²) in [6.45, 7) is 5.42. The van der Waals surface area contributed by atoms with Crippen molar-refractivity contribution in [1.29, 1.82) is 0 Å². The Kier molecular flexibility index (Phi) is 6.04. The fourth-order valence-corrected chi connectivity index (χ4v) is 3.34. The number of hydrogen-bond acceptors (Lipinski definition) is 2. The van der Waals surface area contributed by atoms with Gasteiger partial charge in [-0.05, 0) is 55.9 Å². The number of rotatable bonds is 5. The van der Waals surface area contributed by atoms with Crippen molar-refractivity contribution in [1.82, 2.24) is 0 Å². The van der Waals surface area contributed by atoms with Crippen molar-refractivity contribution >= 4 is 5.69 Å². The largest absolute Gasteiger partial charge is 0.368 e. The van der Waals surface area contributed by atoms with Gasteiger partial charge in [-0.1, -0.05) is 26.7 Å². The van der Waals surface area contributed by atoms with Gasteiger partial charge in [-0.2, -0.15) is 0 Å². The minimum absolute atomic E-state index is 0.109. The van der Waals surface area contributed by atoms with Crippen LogP contribution < -0.4 is 10.6 Å². The maximum atomic E-state index is 13.7. The highest BCUT2D eigenvalue weighted by atomic mass is 19.1. The van der Waals surface area contributed by atoms with E-state index in [0.717, 1.165) is 31.4 Å². The fourth-order valence-electron chi connectivity index (χ4n) is 3.34. The first-order valence-electron chi connectivity index (χ1n) is 8.46. The summed E-state index contributed by atoms with van der Waals surface area (Å²) >= 11 is 0. The molecule has 0 radical (unpaired) electrons. The maximum absolute atomic E-state index is 13.7. The molecule has 1 aliphatic rings. The first kappa shape index (κ1) is 16.3. The summed E-state index contributed by atoms with van der Waals surface area (Å²) in [5, 5.41) is 0. The molecular weight excluding hydrogens is 263 g/mol. The summed E-state index contributed by atoms with van der Waals surface area (Å²) in [4.78, 5) is 2.50. The van der Waals surface area contributed by atoms with E-state index in [1.54, 1.807) is 12.1 Å². The second kappa shape index (κ2) is 7.79. The average molecular weight is 292 g/mol. The molecule has 1 heterocycles. The zero-order valence-electron chi connectivity index (χ0n) is 13.4. The number of nitrogens with zero attached hydrogens (tertiary/aromatic N) is 1. The van der Waals surface area contributed by atoms with Crippen LogP contribution in [-0.2, 0) is 6.42 Å². The predicted molar refractivity (Wildman–Crippen MR) is 88.3 cm³/mol. The van der Waals surface area contributed by atoms with E-state index in [9.17, 15) is 4.39 Å². The molecule has 1 aromatic carbocycles. The van der Waals surface area contributed by atoms with Crippen LogP contribution in [0.1, 0.15) is 57.9 Å². The van der Waals surface area contributed by atoms with Gasteiger partial charge in [0.05, 0.1) is 0 Å². The van der Waals surface area contributed by atoms with Crippen LogP contribution in [0, 0.1) is 5.82 Å². The van der Waals surface area contributed by atoms with Crippen molar-refractivity contribution < 1.29 is 4.39 Å². The van der Waals surface area contributed by atoms with Crippen molar-refractivity contribution in [2.24, 2.45) is 5.73 Å². The zero-order chi connectivity index (χ0) is 15.2. The van der Waals surface area contributed by atoms with Crippen LogP contribution in [0.15, 0.2) is 18.2 Å². The lowest BCUT2D eigenvalue weighted by atomic mass is 10.00. The summed E-state index contributed by atoms with van der Waals surface area (Å²) in [5.74, 6) is -0.153. The van der Waals surface area contributed by atoms with Gasteiger partial charge in [0, 0.05) is 24.3 Å². The fraction of sp³-hybridized carbons (Fsp3) is 0.667. The SMILES string of the molecule is CCC(N)Cc1cc(F)ccc1N1CCCCCC1CC. The summed E-state index contributed by atoms with van der Waals surface area (Å²) in [5.41, 5.74) is 8.39. The molecule has 1 aromatic rings. The van der Waals surface area contributed by atoms with E-state index in [4.69, 9.17) is 5.73 Å². The van der Waals surface area contributed by atoms with Crippen LogP contribution in [-0.4, -0.2) is 18.6 Å². The van der Waals surface area contributed by atoms with Crippen LogP contribution in [0.25, 0.3) is 0 Å². The Morgan fingerprint density at radius 1 is 1.29 bits per heavy atom. The molecule has 0 saturated carbocycles. The predicted octanol–water partition coefficient (Wildman–Crippen LogP) is 4.26. The lowest BCUT2D eigenvalue weighted by Gasteiger charge is -2.33. The van der Waals surface area contributed by atoms with E-state index in [-0.39, 0.29) is 11.9 Å². The molecule has 2 nitrogen and oxygen atoms in total. The van der Waals surface area contributed by atoms with Gasteiger partial charge in [-0.15, -0.1) is 0 Å². The van der Waals surface area contributed by atoms with E-state index in [1.165, 1.54) is 31.4 Å². The van der Waals surface area contributed by atoms with E-state index in [0.29, 0.717) is 6.04 Å². The second-order valence-corrected chi connectivity index (χ2v) is 6.25. The lowest BCUT2D eigenvalue weighted by molar-refractivity contribution is 0.551. The zero-order valence-corrected chi connectivity index (χ0v) is 13.4. The lowest BCUT2D eigenvalue weighted by Crippen LogP contribution is -2.35. The molecule has 1 fully saturated rings. The first-order chi connectivity index (χ1) is 10.2. The molecule has 2 atom stereocenters. The molecule has 1 aliphatic heterocycles. The van der Waals surface area contributed by atoms with Gasteiger partial charge in [-0.3, -0.25) is 0 Å². The Morgan fingerprint density at radius 2 is 2.10 bits per heavy atom. The van der Waals surface area contributed by atoms with Gasteiger partial charge in [0.2, 0.25) is 0 Å². The standard InChI is InChI=1S/C18H29FN2/c1-3-16(20)13-14-12-15(19)9-10-18(14)21-11-7-5-6-8-17(21)4-2/h9-10,12,16-17H,3-8,11,13,20H2,1-2H3. The monoisotopic (exact) mass is 292 g/mol. The van der Waals surface area contributed by atoms with Crippen LogP contribution >= 0.6 is 0 Å². The molecule has 0 spiro atoms. The summed E-state index contributed by atoms with van der Waals surface area (Å²) in [7, 11) is 0. The number of halogens is 1. The molecule has 0 aromatic heterocycles. The molecule has 0 bridgehead atoms. The van der Waals surface area contributed by atoms with E-state index < -0.39 is 0 Å². The second-order valence-electron chi connectivity index (χ2n) is 6.25. The minimum Gasteiger partial charge on any atom is -0.368 e. The maximum Gasteiger partial charge on any atom is 0.123 e. The quantitative estimate of drug-likeness (QED) is 0.878. The smallest absolute Gasteiger partial charge is 0.123 e. The van der Waals surface area contributed by atoms with Crippen molar-refractivity contribution in [3.8, 4) is 0 Å². The third kappa shape index (κ3) is 4.19. The number of anilines is 1. The van der Waals surface area contributed by atoms with Crippen LogP contribution in [0.2, 0.25) is 0 Å². The van der Waals surface area contributed by atoms with Gasteiger partial charge in [-0.25, -0.2) is 4.39 Å². The van der Waals surface area contributed by atoms with Crippen LogP contribution in [0.3, 0.4) is 0 Å². The average Bonchev–Trinajstić information content (AvgIpc) is 2.72. The first-order valence-corrected chi connectivity index (χ1v) is 8.46. The number of hydrogen-bond donors (Lipinski definition) is 1. The Morgan fingerprint density at radius 3 is 2.81 bits per heavy atom. The van der Waals surface area contributed by atoms with Crippen LogP contribution in [0.5, 0.6) is 0 Å². The Hall–Kier alpha value is -1.09. The normalized spacial score (nSPS) is 21.1. The Balaban J connectivity index is 2.31. The molecule has 2 rings (SSSR count). The molecule has 3 heteroatoms. The summed E-state index contributed by atoms with van der Waals surface area (Å²) < 4.78 is 13.7. The molecule has 2 N–H and O–H groups in total. The minimum atomic E-state index is -0.153. The van der Waals surface area contributed by atoms with Gasteiger partial charge in [0.15, 0.2) is 0 Å². The third-order valence-corrected chi connectivity index (χ3v) is 4.71. The van der Waals surface area contributed by atoms with Crippen molar-refractivity contribution in [2.45, 2.75) is 70.9 Å². The van der Waals surface area contributed by atoms with Crippen molar-refractivity contribution in [3.63, 3.8) is 0 Å². The van der Waals surface area contributed by atoms with Crippen molar-refractivity contribution in [2.75, 3.05) is 11.4 Å². The topological polar surface area (TPSA) is 29.3 Å². The van der Waals surface area contributed by atoms with E-state index in [1.807, 2.05) is 6.07 Å². The molecule has 21 heavy (non-hydrogen) atoms. The van der Waals surface area contributed by atoms with Gasteiger partial charge < -0.3 is 10.6 Å². The number of benzene rings is 1. The van der Waals surface area contributed by atoms with E-state index in [2.05, 4.69) is 18.7 Å². The van der Waals surface area contributed by atoms with E-state index >= 15 is 0 Å². The highest BCUT2D eigenvalue weighted by molar-refractivity contribution is 5.55.